The molecule has 1 saturated heterocycles. The van der Waals surface area contributed by atoms with Gasteiger partial charge in [0.25, 0.3) is 0 Å². The molecular formula is C24H32N2O5S. The Morgan fingerprint density at radius 1 is 1.12 bits per heavy atom. The number of nitrogens with zero attached hydrogens (tertiary/aromatic N) is 1. The summed E-state index contributed by atoms with van der Waals surface area (Å²) in [7, 11) is -1.95. The van der Waals surface area contributed by atoms with E-state index in [1.807, 2.05) is 18.2 Å². The number of anilines is 1. The summed E-state index contributed by atoms with van der Waals surface area (Å²) in [5.74, 6) is 0.502. The van der Waals surface area contributed by atoms with Gasteiger partial charge in [-0.3, -0.25) is 9.10 Å². The lowest BCUT2D eigenvalue weighted by atomic mass is 9.74. The average Bonchev–Trinajstić information content (AvgIpc) is 2.81. The molecule has 3 rings (SSSR count). The van der Waals surface area contributed by atoms with Gasteiger partial charge in [-0.25, -0.2) is 8.42 Å². The number of carbonyl (C=O) groups is 1. The van der Waals surface area contributed by atoms with Crippen LogP contribution in [-0.2, 0) is 25.0 Å². The van der Waals surface area contributed by atoms with E-state index in [2.05, 4.69) is 17.4 Å². The quantitative estimate of drug-likeness (QED) is 0.589. The second kappa shape index (κ2) is 10.8. The fourth-order valence-corrected chi connectivity index (χ4v) is 5.07. The number of nitrogens with one attached hydrogen (secondary N) is 1. The van der Waals surface area contributed by atoms with Crippen LogP contribution < -0.4 is 14.4 Å². The summed E-state index contributed by atoms with van der Waals surface area (Å²) in [6, 6.07) is 17.1. The minimum absolute atomic E-state index is 0.0779. The van der Waals surface area contributed by atoms with Crippen molar-refractivity contribution in [2.75, 3.05) is 44.0 Å². The van der Waals surface area contributed by atoms with Crippen LogP contribution in [0.25, 0.3) is 0 Å². The largest absolute Gasteiger partial charge is 0.497 e. The fourth-order valence-electron chi connectivity index (χ4n) is 4.11. The number of carbonyl (C=O) groups excluding carboxylic acids is 1. The first kappa shape index (κ1) is 24.1. The standard InChI is InChI=1S/C24H32N2O5S/c1-30-22-11-6-10-21(18-22)26(32(2,28)29)15-7-12-23(27)25-19-24(13-16-31-17-14-24)20-8-4-3-5-9-20/h3-6,8-11,18H,7,12-17,19H2,1-2H3,(H,25,27). The van der Waals surface area contributed by atoms with Crippen LogP contribution in [-0.4, -0.2) is 54.0 Å². The van der Waals surface area contributed by atoms with Gasteiger partial charge < -0.3 is 14.8 Å². The number of amides is 1. The topological polar surface area (TPSA) is 84.9 Å². The van der Waals surface area contributed by atoms with Crippen LogP contribution in [0.1, 0.15) is 31.2 Å². The third kappa shape index (κ3) is 6.23. The van der Waals surface area contributed by atoms with E-state index in [0.29, 0.717) is 37.6 Å². The van der Waals surface area contributed by atoms with Gasteiger partial charge in [0.2, 0.25) is 15.9 Å². The van der Waals surface area contributed by atoms with Crippen LogP contribution >= 0.6 is 0 Å². The molecule has 2 aromatic carbocycles. The predicted octanol–water partition coefficient (Wildman–Crippen LogP) is 3.11. The Hall–Kier alpha value is -2.58. The van der Waals surface area contributed by atoms with Gasteiger partial charge in [-0.15, -0.1) is 0 Å². The Bertz CT molecular complexity index is 988. The summed E-state index contributed by atoms with van der Waals surface area (Å²) in [5.41, 5.74) is 1.61. The van der Waals surface area contributed by atoms with Crippen LogP contribution in [0.4, 0.5) is 5.69 Å². The summed E-state index contributed by atoms with van der Waals surface area (Å²) < 4.78 is 36.7. The van der Waals surface area contributed by atoms with Gasteiger partial charge in [0, 0.05) is 44.2 Å². The van der Waals surface area contributed by atoms with E-state index in [1.165, 1.54) is 23.2 Å². The van der Waals surface area contributed by atoms with Crippen molar-refractivity contribution in [2.24, 2.45) is 0 Å². The zero-order chi connectivity index (χ0) is 23.0. The molecule has 0 aromatic heterocycles. The molecule has 1 N–H and O–H groups in total. The van der Waals surface area contributed by atoms with Crippen molar-refractivity contribution >= 4 is 21.6 Å². The molecule has 0 spiro atoms. The Balaban J connectivity index is 1.58. The zero-order valence-corrected chi connectivity index (χ0v) is 19.6. The lowest BCUT2D eigenvalue weighted by molar-refractivity contribution is -0.121. The number of benzene rings is 2. The maximum Gasteiger partial charge on any atom is 0.232 e. The van der Waals surface area contributed by atoms with Crippen LogP contribution in [0, 0.1) is 0 Å². The van der Waals surface area contributed by atoms with Gasteiger partial charge in [-0.05, 0) is 37.0 Å². The molecule has 8 heteroatoms. The molecule has 1 amide bonds. The SMILES string of the molecule is COc1cccc(N(CCCC(=O)NCC2(c3ccccc3)CCOCC2)S(C)(=O)=O)c1. The van der Waals surface area contributed by atoms with E-state index < -0.39 is 10.0 Å². The van der Waals surface area contributed by atoms with Gasteiger partial charge in [0.05, 0.1) is 19.1 Å². The van der Waals surface area contributed by atoms with Crippen LogP contribution in [0.15, 0.2) is 54.6 Å². The first-order valence-electron chi connectivity index (χ1n) is 10.9. The highest BCUT2D eigenvalue weighted by atomic mass is 32.2. The summed E-state index contributed by atoms with van der Waals surface area (Å²) in [4.78, 5) is 12.6. The Morgan fingerprint density at radius 2 is 1.84 bits per heavy atom. The molecule has 1 aliphatic rings. The maximum atomic E-state index is 12.6. The number of ether oxygens (including phenoxy) is 2. The molecular weight excluding hydrogens is 428 g/mol. The van der Waals surface area contributed by atoms with Crippen molar-refractivity contribution in [2.45, 2.75) is 31.1 Å². The van der Waals surface area contributed by atoms with Crippen LogP contribution in [0.5, 0.6) is 5.75 Å². The number of hydrogen-bond donors (Lipinski definition) is 1. The summed E-state index contributed by atoms with van der Waals surface area (Å²) in [5, 5.41) is 3.08. The van der Waals surface area contributed by atoms with E-state index in [1.54, 1.807) is 24.3 Å². The molecule has 2 aromatic rings. The minimum Gasteiger partial charge on any atom is -0.497 e. The molecule has 0 atom stereocenters. The number of hydrogen-bond acceptors (Lipinski definition) is 5. The fraction of sp³-hybridized carbons (Fsp3) is 0.458. The van der Waals surface area contributed by atoms with Gasteiger partial charge in [0.15, 0.2) is 0 Å². The van der Waals surface area contributed by atoms with E-state index in [4.69, 9.17) is 9.47 Å². The maximum absolute atomic E-state index is 12.6. The summed E-state index contributed by atoms with van der Waals surface area (Å²) >= 11 is 0. The first-order valence-corrected chi connectivity index (χ1v) is 12.7. The highest BCUT2D eigenvalue weighted by molar-refractivity contribution is 7.92. The lowest BCUT2D eigenvalue weighted by Gasteiger charge is -2.38. The molecule has 0 unspecified atom stereocenters. The molecule has 1 heterocycles. The molecule has 0 aliphatic carbocycles. The highest BCUT2D eigenvalue weighted by Crippen LogP contribution is 2.34. The Kier molecular flexibility index (Phi) is 8.15. The first-order chi connectivity index (χ1) is 15.3. The summed E-state index contributed by atoms with van der Waals surface area (Å²) in [6.07, 6.45) is 3.54. The molecule has 32 heavy (non-hydrogen) atoms. The van der Waals surface area contributed by atoms with Crippen molar-refractivity contribution in [3.63, 3.8) is 0 Å². The molecule has 174 valence electrons. The van der Waals surface area contributed by atoms with Crippen molar-refractivity contribution in [3.05, 3.63) is 60.2 Å². The third-order valence-electron chi connectivity index (χ3n) is 5.97. The number of sulfonamides is 1. The summed E-state index contributed by atoms with van der Waals surface area (Å²) in [6.45, 7) is 2.12. The number of rotatable bonds is 10. The van der Waals surface area contributed by atoms with Crippen LogP contribution in [0.2, 0.25) is 0 Å². The highest BCUT2D eigenvalue weighted by Gasteiger charge is 2.34. The third-order valence-corrected chi connectivity index (χ3v) is 7.16. The Morgan fingerprint density at radius 3 is 2.50 bits per heavy atom. The normalized spacial score (nSPS) is 15.7. The zero-order valence-electron chi connectivity index (χ0n) is 18.7. The smallest absolute Gasteiger partial charge is 0.232 e. The van der Waals surface area contributed by atoms with Crippen molar-refractivity contribution in [1.29, 1.82) is 0 Å². The van der Waals surface area contributed by atoms with Gasteiger partial charge >= 0.3 is 0 Å². The van der Waals surface area contributed by atoms with Gasteiger partial charge in [0.1, 0.15) is 5.75 Å². The molecule has 7 nitrogen and oxygen atoms in total. The average molecular weight is 461 g/mol. The van der Waals surface area contributed by atoms with Gasteiger partial charge in [-0.1, -0.05) is 36.4 Å². The van der Waals surface area contributed by atoms with Crippen molar-refractivity contribution < 1.29 is 22.7 Å². The van der Waals surface area contributed by atoms with Gasteiger partial charge in [-0.2, -0.15) is 0 Å². The van der Waals surface area contributed by atoms with E-state index >= 15 is 0 Å². The lowest BCUT2D eigenvalue weighted by Crippen LogP contribution is -2.44. The Labute approximate surface area is 190 Å². The molecule has 0 radical (unpaired) electrons. The number of methoxy groups -OCH3 is 1. The minimum atomic E-state index is -3.48. The second-order valence-electron chi connectivity index (χ2n) is 8.18. The van der Waals surface area contributed by atoms with Crippen LogP contribution in [0.3, 0.4) is 0 Å². The van der Waals surface area contributed by atoms with E-state index in [0.717, 1.165) is 12.8 Å². The molecule has 0 bridgehead atoms. The molecule has 1 fully saturated rings. The molecule has 0 saturated carbocycles. The van der Waals surface area contributed by atoms with E-state index in [-0.39, 0.29) is 24.3 Å². The second-order valence-corrected chi connectivity index (χ2v) is 10.1. The molecule has 1 aliphatic heterocycles. The van der Waals surface area contributed by atoms with Crippen molar-refractivity contribution in [1.82, 2.24) is 5.32 Å². The predicted molar refractivity (Wildman–Crippen MR) is 126 cm³/mol. The monoisotopic (exact) mass is 460 g/mol. The van der Waals surface area contributed by atoms with Crippen molar-refractivity contribution in [3.8, 4) is 5.75 Å². The van der Waals surface area contributed by atoms with E-state index in [9.17, 15) is 13.2 Å².